The lowest BCUT2D eigenvalue weighted by atomic mass is 10.1. The first-order valence-corrected chi connectivity index (χ1v) is 8.48. The van der Waals surface area contributed by atoms with Gasteiger partial charge in [0.05, 0.1) is 6.04 Å². The van der Waals surface area contributed by atoms with Gasteiger partial charge in [-0.05, 0) is 30.8 Å². The summed E-state index contributed by atoms with van der Waals surface area (Å²) < 4.78 is 5.49. The number of benzene rings is 2. The highest BCUT2D eigenvalue weighted by Gasteiger charge is 2.18. The smallest absolute Gasteiger partial charge is 0.258 e. The summed E-state index contributed by atoms with van der Waals surface area (Å²) >= 11 is 0. The lowest BCUT2D eigenvalue weighted by Crippen LogP contribution is -2.39. The molecule has 0 aliphatic heterocycles. The van der Waals surface area contributed by atoms with Crippen LogP contribution in [-0.4, -0.2) is 37.0 Å². The van der Waals surface area contributed by atoms with Crippen molar-refractivity contribution in [2.45, 2.75) is 19.9 Å². The zero-order valence-electron chi connectivity index (χ0n) is 14.4. The van der Waals surface area contributed by atoms with E-state index in [1.165, 1.54) is 5.56 Å². The standard InChI is InChI=1S/C20H26N2O2/c1-3-22(4-2)19(17-11-7-5-8-12-17)15-21-20(23)16-24-18-13-9-6-10-14-18/h5-14,19H,3-4,15-16H2,1-2H3,(H,21,23). The van der Waals surface area contributed by atoms with Crippen molar-refractivity contribution in [2.75, 3.05) is 26.2 Å². The molecule has 2 aromatic carbocycles. The Labute approximate surface area is 144 Å². The number of hydrogen-bond donors (Lipinski definition) is 1. The Balaban J connectivity index is 1.91. The number of nitrogens with one attached hydrogen (secondary N) is 1. The number of carbonyl (C=O) groups is 1. The number of hydrogen-bond acceptors (Lipinski definition) is 3. The predicted octanol–water partition coefficient (Wildman–Crippen LogP) is 3.26. The minimum atomic E-state index is -0.105. The molecule has 2 rings (SSSR count). The van der Waals surface area contributed by atoms with Crippen molar-refractivity contribution in [2.24, 2.45) is 0 Å². The van der Waals surface area contributed by atoms with E-state index < -0.39 is 0 Å². The second-order valence-corrected chi connectivity index (χ2v) is 5.55. The first-order chi connectivity index (χ1) is 11.7. The van der Waals surface area contributed by atoms with E-state index in [4.69, 9.17) is 4.74 Å². The van der Waals surface area contributed by atoms with Crippen molar-refractivity contribution in [3.05, 3.63) is 66.2 Å². The van der Waals surface area contributed by atoms with Crippen LogP contribution in [0.25, 0.3) is 0 Å². The Morgan fingerprint density at radius 3 is 2.17 bits per heavy atom. The van der Waals surface area contributed by atoms with E-state index in [-0.39, 0.29) is 18.6 Å². The molecule has 4 nitrogen and oxygen atoms in total. The number of ether oxygens (including phenoxy) is 1. The van der Waals surface area contributed by atoms with Gasteiger partial charge in [-0.3, -0.25) is 9.69 Å². The molecule has 1 N–H and O–H groups in total. The predicted molar refractivity (Wildman–Crippen MR) is 97.1 cm³/mol. The van der Waals surface area contributed by atoms with E-state index in [0.717, 1.165) is 13.1 Å². The van der Waals surface area contributed by atoms with Crippen LogP contribution in [0.4, 0.5) is 0 Å². The molecular formula is C20H26N2O2. The molecule has 0 radical (unpaired) electrons. The van der Waals surface area contributed by atoms with Crippen molar-refractivity contribution in [1.29, 1.82) is 0 Å². The van der Waals surface area contributed by atoms with Crippen molar-refractivity contribution in [3.8, 4) is 5.75 Å². The molecule has 0 aliphatic rings. The molecule has 0 aromatic heterocycles. The largest absolute Gasteiger partial charge is 0.484 e. The highest BCUT2D eigenvalue weighted by atomic mass is 16.5. The summed E-state index contributed by atoms with van der Waals surface area (Å²) in [6.07, 6.45) is 0. The fourth-order valence-corrected chi connectivity index (χ4v) is 2.72. The fraction of sp³-hybridized carbons (Fsp3) is 0.350. The summed E-state index contributed by atoms with van der Waals surface area (Å²) in [4.78, 5) is 14.4. The van der Waals surface area contributed by atoms with Crippen molar-refractivity contribution < 1.29 is 9.53 Å². The van der Waals surface area contributed by atoms with Crippen molar-refractivity contribution >= 4 is 5.91 Å². The van der Waals surface area contributed by atoms with Gasteiger partial charge in [0, 0.05) is 6.54 Å². The molecule has 2 aromatic rings. The third-order valence-corrected chi connectivity index (χ3v) is 4.04. The fourth-order valence-electron chi connectivity index (χ4n) is 2.72. The molecule has 1 unspecified atom stereocenters. The second kappa shape index (κ2) is 9.73. The molecule has 1 atom stereocenters. The molecule has 0 heterocycles. The number of nitrogens with zero attached hydrogens (tertiary/aromatic N) is 1. The molecule has 0 aliphatic carbocycles. The maximum absolute atomic E-state index is 12.1. The zero-order chi connectivity index (χ0) is 17.2. The normalized spacial score (nSPS) is 12.0. The summed E-state index contributed by atoms with van der Waals surface area (Å²) in [6, 6.07) is 19.8. The van der Waals surface area contributed by atoms with Gasteiger partial charge >= 0.3 is 0 Å². The van der Waals surface area contributed by atoms with Crippen molar-refractivity contribution in [1.82, 2.24) is 10.2 Å². The highest BCUT2D eigenvalue weighted by Crippen LogP contribution is 2.19. The Morgan fingerprint density at radius 1 is 1.00 bits per heavy atom. The third kappa shape index (κ3) is 5.39. The molecule has 0 saturated heterocycles. The van der Waals surface area contributed by atoms with Crippen LogP contribution in [-0.2, 0) is 4.79 Å². The Hall–Kier alpha value is -2.33. The van der Waals surface area contributed by atoms with E-state index >= 15 is 0 Å². The van der Waals surface area contributed by atoms with Crippen LogP contribution in [0, 0.1) is 0 Å². The number of para-hydroxylation sites is 1. The van der Waals surface area contributed by atoms with Crippen LogP contribution in [0.15, 0.2) is 60.7 Å². The minimum Gasteiger partial charge on any atom is -0.484 e. The average molecular weight is 326 g/mol. The summed E-state index contributed by atoms with van der Waals surface area (Å²) in [5.41, 5.74) is 1.21. The monoisotopic (exact) mass is 326 g/mol. The Bertz CT molecular complexity index is 598. The highest BCUT2D eigenvalue weighted by molar-refractivity contribution is 5.77. The number of rotatable bonds is 9. The molecule has 0 bridgehead atoms. The van der Waals surface area contributed by atoms with E-state index in [2.05, 4.69) is 36.2 Å². The Morgan fingerprint density at radius 2 is 1.58 bits per heavy atom. The van der Waals surface area contributed by atoms with Gasteiger partial charge in [-0.1, -0.05) is 62.4 Å². The molecule has 4 heteroatoms. The molecule has 24 heavy (non-hydrogen) atoms. The SMILES string of the molecule is CCN(CC)C(CNC(=O)COc1ccccc1)c1ccccc1. The maximum atomic E-state index is 12.1. The van der Waals surface area contributed by atoms with Gasteiger partial charge < -0.3 is 10.1 Å². The van der Waals surface area contributed by atoms with Crippen LogP contribution in [0.1, 0.15) is 25.5 Å². The molecule has 0 fully saturated rings. The van der Waals surface area contributed by atoms with Crippen molar-refractivity contribution in [3.63, 3.8) is 0 Å². The molecular weight excluding hydrogens is 300 g/mol. The summed E-state index contributed by atoms with van der Waals surface area (Å²) in [7, 11) is 0. The Kier molecular flexibility index (Phi) is 7.30. The first-order valence-electron chi connectivity index (χ1n) is 8.48. The number of likely N-dealkylation sites (N-methyl/N-ethyl adjacent to an activating group) is 1. The lowest BCUT2D eigenvalue weighted by Gasteiger charge is -2.30. The van der Waals surface area contributed by atoms with Gasteiger partial charge in [-0.15, -0.1) is 0 Å². The zero-order valence-corrected chi connectivity index (χ0v) is 14.4. The molecule has 128 valence electrons. The topological polar surface area (TPSA) is 41.6 Å². The molecule has 1 amide bonds. The van der Waals surface area contributed by atoms with E-state index in [0.29, 0.717) is 12.3 Å². The second-order valence-electron chi connectivity index (χ2n) is 5.55. The van der Waals surface area contributed by atoms with Gasteiger partial charge in [0.2, 0.25) is 0 Å². The number of carbonyl (C=O) groups excluding carboxylic acids is 1. The first kappa shape index (κ1) is 18.0. The molecule has 0 saturated carbocycles. The van der Waals surface area contributed by atoms with Gasteiger partial charge in [-0.2, -0.15) is 0 Å². The summed E-state index contributed by atoms with van der Waals surface area (Å²) in [5, 5.41) is 2.99. The van der Waals surface area contributed by atoms with Gasteiger partial charge in [0.25, 0.3) is 5.91 Å². The average Bonchev–Trinajstić information content (AvgIpc) is 2.65. The maximum Gasteiger partial charge on any atom is 0.258 e. The quantitative estimate of drug-likeness (QED) is 0.769. The van der Waals surface area contributed by atoms with E-state index in [9.17, 15) is 4.79 Å². The third-order valence-electron chi connectivity index (χ3n) is 4.04. The van der Waals surface area contributed by atoms with E-state index in [1.54, 1.807) is 0 Å². The molecule has 0 spiro atoms. The van der Waals surface area contributed by atoms with Crippen LogP contribution < -0.4 is 10.1 Å². The van der Waals surface area contributed by atoms with Gasteiger partial charge in [0.15, 0.2) is 6.61 Å². The van der Waals surface area contributed by atoms with Gasteiger partial charge in [-0.25, -0.2) is 0 Å². The number of amides is 1. The summed E-state index contributed by atoms with van der Waals surface area (Å²) in [6.45, 7) is 6.75. The van der Waals surface area contributed by atoms with Crippen LogP contribution in [0.3, 0.4) is 0 Å². The van der Waals surface area contributed by atoms with Crippen LogP contribution in [0.5, 0.6) is 5.75 Å². The van der Waals surface area contributed by atoms with Crippen LogP contribution in [0.2, 0.25) is 0 Å². The van der Waals surface area contributed by atoms with Gasteiger partial charge in [0.1, 0.15) is 5.75 Å². The van der Waals surface area contributed by atoms with E-state index in [1.807, 2.05) is 48.5 Å². The lowest BCUT2D eigenvalue weighted by molar-refractivity contribution is -0.123. The van der Waals surface area contributed by atoms with Crippen LogP contribution >= 0.6 is 0 Å². The summed E-state index contributed by atoms with van der Waals surface area (Å²) in [5.74, 6) is 0.600. The minimum absolute atomic E-state index is 0.0315.